The van der Waals surface area contributed by atoms with E-state index in [1.165, 1.54) is 4.88 Å². The Morgan fingerprint density at radius 2 is 1.91 bits per heavy atom. The fourth-order valence-corrected chi connectivity index (χ4v) is 5.05. The van der Waals surface area contributed by atoms with E-state index in [9.17, 15) is 4.79 Å². The molecule has 0 fully saturated rings. The highest BCUT2D eigenvalue weighted by Gasteiger charge is 2.20. The van der Waals surface area contributed by atoms with Gasteiger partial charge in [0.25, 0.3) is 0 Å². The molecule has 0 saturated heterocycles. The van der Waals surface area contributed by atoms with Crippen LogP contribution in [0.15, 0.2) is 48.5 Å². The van der Waals surface area contributed by atoms with Gasteiger partial charge in [0.15, 0.2) is 5.13 Å². The van der Waals surface area contributed by atoms with Crippen LogP contribution in [0.3, 0.4) is 0 Å². The van der Waals surface area contributed by atoms with Gasteiger partial charge in [-0.3, -0.25) is 4.79 Å². The van der Waals surface area contributed by atoms with E-state index < -0.39 is 0 Å². The SMILES string of the molecule is CC(C)Cc1sc(N(CCC(=O)NCCN)Cc2ccccc2)nc1-c1ccc(Cl)c(Cl)c1. The van der Waals surface area contributed by atoms with Gasteiger partial charge >= 0.3 is 0 Å². The van der Waals surface area contributed by atoms with Crippen LogP contribution in [-0.2, 0) is 17.8 Å². The van der Waals surface area contributed by atoms with Crippen LogP contribution in [0.5, 0.6) is 0 Å². The molecule has 176 valence electrons. The second-order valence-electron chi connectivity index (χ2n) is 8.29. The number of carbonyl (C=O) groups is 1. The normalized spacial score (nSPS) is 11.1. The van der Waals surface area contributed by atoms with Crippen LogP contribution in [-0.4, -0.2) is 30.5 Å². The van der Waals surface area contributed by atoms with Crippen LogP contribution in [0.2, 0.25) is 10.0 Å². The lowest BCUT2D eigenvalue weighted by atomic mass is 10.0. The number of amides is 1. The second-order valence-corrected chi connectivity index (χ2v) is 10.2. The van der Waals surface area contributed by atoms with Crippen molar-refractivity contribution < 1.29 is 4.79 Å². The average Bonchev–Trinajstić information content (AvgIpc) is 3.20. The molecule has 3 N–H and O–H groups in total. The second kappa shape index (κ2) is 12.4. The molecule has 0 saturated carbocycles. The molecule has 0 aliphatic rings. The number of aromatic nitrogens is 1. The van der Waals surface area contributed by atoms with Crippen molar-refractivity contribution in [3.8, 4) is 11.3 Å². The molecule has 3 rings (SSSR count). The molecule has 0 aliphatic heterocycles. The summed E-state index contributed by atoms with van der Waals surface area (Å²) in [5, 5.41) is 4.77. The zero-order valence-electron chi connectivity index (χ0n) is 19.0. The van der Waals surface area contributed by atoms with E-state index >= 15 is 0 Å². The smallest absolute Gasteiger partial charge is 0.221 e. The van der Waals surface area contributed by atoms with Crippen LogP contribution in [0.4, 0.5) is 5.13 Å². The molecule has 1 heterocycles. The summed E-state index contributed by atoms with van der Waals surface area (Å²) >= 11 is 14.1. The molecule has 0 atom stereocenters. The molecule has 0 unspecified atom stereocenters. The maximum atomic E-state index is 12.3. The zero-order chi connectivity index (χ0) is 23.8. The maximum Gasteiger partial charge on any atom is 0.221 e. The molecular formula is C25H30Cl2N4OS. The molecule has 0 aliphatic carbocycles. The zero-order valence-corrected chi connectivity index (χ0v) is 21.3. The van der Waals surface area contributed by atoms with Crippen molar-refractivity contribution in [2.75, 3.05) is 24.5 Å². The van der Waals surface area contributed by atoms with Gasteiger partial charge in [0.2, 0.25) is 5.91 Å². The molecule has 33 heavy (non-hydrogen) atoms. The van der Waals surface area contributed by atoms with Crippen molar-refractivity contribution in [3.63, 3.8) is 0 Å². The molecule has 0 radical (unpaired) electrons. The van der Waals surface area contributed by atoms with E-state index in [1.54, 1.807) is 17.4 Å². The summed E-state index contributed by atoms with van der Waals surface area (Å²) in [4.78, 5) is 20.7. The summed E-state index contributed by atoms with van der Waals surface area (Å²) in [6, 6.07) is 15.9. The number of anilines is 1. The number of nitrogens with one attached hydrogen (secondary N) is 1. The van der Waals surface area contributed by atoms with Crippen molar-refractivity contribution in [1.82, 2.24) is 10.3 Å². The molecule has 3 aromatic rings. The largest absolute Gasteiger partial charge is 0.355 e. The summed E-state index contributed by atoms with van der Waals surface area (Å²) in [5.41, 5.74) is 8.54. The van der Waals surface area contributed by atoms with Crippen LogP contribution in [0, 0.1) is 5.92 Å². The Bertz CT molecular complexity index is 1060. The first-order chi connectivity index (χ1) is 15.9. The standard InChI is InChI=1S/C25H30Cl2N4OS/c1-17(2)14-22-24(19-8-9-20(26)21(27)15-19)30-25(33-22)31(13-10-23(32)29-12-11-28)16-18-6-4-3-5-7-18/h3-9,15,17H,10-14,16,28H2,1-2H3,(H,29,32). The Balaban J connectivity index is 1.94. The Kier molecular flexibility index (Phi) is 9.56. The number of thiazole rings is 1. The van der Waals surface area contributed by atoms with E-state index in [-0.39, 0.29) is 5.91 Å². The molecule has 0 bridgehead atoms. The molecule has 2 aromatic carbocycles. The lowest BCUT2D eigenvalue weighted by Gasteiger charge is -2.22. The van der Waals surface area contributed by atoms with Crippen molar-refractivity contribution in [1.29, 1.82) is 0 Å². The van der Waals surface area contributed by atoms with Crippen molar-refractivity contribution in [2.45, 2.75) is 33.2 Å². The van der Waals surface area contributed by atoms with E-state index in [4.69, 9.17) is 33.9 Å². The Hall–Kier alpha value is -2.12. The van der Waals surface area contributed by atoms with Crippen LogP contribution in [0.1, 0.15) is 30.7 Å². The van der Waals surface area contributed by atoms with Gasteiger partial charge in [-0.25, -0.2) is 4.98 Å². The van der Waals surface area contributed by atoms with E-state index in [0.717, 1.165) is 28.4 Å². The lowest BCUT2D eigenvalue weighted by Crippen LogP contribution is -2.33. The minimum atomic E-state index is -0.0119. The Morgan fingerprint density at radius 1 is 1.15 bits per heavy atom. The number of benzene rings is 2. The molecule has 5 nitrogen and oxygen atoms in total. The van der Waals surface area contributed by atoms with Gasteiger partial charge in [-0.15, -0.1) is 11.3 Å². The third-order valence-corrected chi connectivity index (χ3v) is 6.91. The van der Waals surface area contributed by atoms with Gasteiger partial charge < -0.3 is 16.0 Å². The minimum Gasteiger partial charge on any atom is -0.355 e. The number of nitrogens with zero attached hydrogens (tertiary/aromatic N) is 2. The first-order valence-corrected chi connectivity index (χ1v) is 12.7. The topological polar surface area (TPSA) is 71.2 Å². The molecule has 1 aromatic heterocycles. The van der Waals surface area contributed by atoms with Crippen LogP contribution < -0.4 is 16.0 Å². The monoisotopic (exact) mass is 504 g/mol. The molecule has 0 spiro atoms. The molecule has 8 heteroatoms. The quantitative estimate of drug-likeness (QED) is 0.346. The minimum absolute atomic E-state index is 0.0119. The predicted octanol–water partition coefficient (Wildman–Crippen LogP) is 5.79. The Morgan fingerprint density at radius 3 is 2.58 bits per heavy atom. The van der Waals surface area contributed by atoms with Crippen molar-refractivity contribution >= 4 is 45.6 Å². The van der Waals surface area contributed by atoms with E-state index in [0.29, 0.717) is 48.6 Å². The number of rotatable bonds is 11. The first-order valence-electron chi connectivity index (χ1n) is 11.1. The predicted molar refractivity (Wildman–Crippen MR) is 140 cm³/mol. The summed E-state index contributed by atoms with van der Waals surface area (Å²) in [6.07, 6.45) is 1.28. The molecular weight excluding hydrogens is 475 g/mol. The van der Waals surface area contributed by atoms with Crippen LogP contribution >= 0.6 is 34.5 Å². The van der Waals surface area contributed by atoms with Gasteiger partial charge in [-0.05, 0) is 30.0 Å². The number of hydrogen-bond acceptors (Lipinski definition) is 5. The van der Waals surface area contributed by atoms with Gasteiger partial charge in [-0.1, -0.05) is 73.4 Å². The summed E-state index contributed by atoms with van der Waals surface area (Å²) in [6.45, 7) is 6.52. The van der Waals surface area contributed by atoms with E-state index in [2.05, 4.69) is 36.2 Å². The number of nitrogens with two attached hydrogens (primary N) is 1. The van der Waals surface area contributed by atoms with Gasteiger partial charge in [0, 0.05) is 43.0 Å². The van der Waals surface area contributed by atoms with Crippen LogP contribution in [0.25, 0.3) is 11.3 Å². The fourth-order valence-electron chi connectivity index (χ4n) is 3.44. The highest BCUT2D eigenvalue weighted by Crippen LogP contribution is 2.37. The average molecular weight is 506 g/mol. The third-order valence-electron chi connectivity index (χ3n) is 5.03. The third kappa shape index (κ3) is 7.44. The van der Waals surface area contributed by atoms with Gasteiger partial charge in [-0.2, -0.15) is 0 Å². The maximum absolute atomic E-state index is 12.3. The van der Waals surface area contributed by atoms with Gasteiger partial charge in [0.1, 0.15) is 0 Å². The lowest BCUT2D eigenvalue weighted by molar-refractivity contribution is -0.120. The number of carbonyl (C=O) groups excluding carboxylic acids is 1. The number of hydrogen-bond donors (Lipinski definition) is 2. The van der Waals surface area contributed by atoms with Crippen molar-refractivity contribution in [2.24, 2.45) is 11.7 Å². The fraction of sp³-hybridized carbons (Fsp3) is 0.360. The summed E-state index contributed by atoms with van der Waals surface area (Å²) in [5.74, 6) is 0.464. The Labute approximate surface area is 209 Å². The first kappa shape index (κ1) is 25.5. The molecule has 1 amide bonds. The highest BCUT2D eigenvalue weighted by molar-refractivity contribution is 7.16. The van der Waals surface area contributed by atoms with Crippen molar-refractivity contribution in [3.05, 3.63) is 69.0 Å². The van der Waals surface area contributed by atoms with Gasteiger partial charge in [0.05, 0.1) is 15.7 Å². The summed E-state index contributed by atoms with van der Waals surface area (Å²) in [7, 11) is 0. The highest BCUT2D eigenvalue weighted by atomic mass is 35.5. The summed E-state index contributed by atoms with van der Waals surface area (Å²) < 4.78 is 0. The number of halogens is 2. The van der Waals surface area contributed by atoms with E-state index in [1.807, 2.05) is 30.3 Å².